The van der Waals surface area contributed by atoms with Crippen molar-refractivity contribution in [2.24, 2.45) is 0 Å². The van der Waals surface area contributed by atoms with Crippen LogP contribution >= 0.6 is 12.6 Å². The second kappa shape index (κ2) is 4.63. The normalized spacial score (nSPS) is 9.31. The number of nitrogens with zero attached hydrogens (tertiary/aromatic N) is 2. The number of benzene rings is 1. The molecule has 0 amide bonds. The van der Waals surface area contributed by atoms with Gasteiger partial charge in [0.25, 0.3) is 5.69 Å². The van der Waals surface area contributed by atoms with Gasteiger partial charge < -0.3 is 4.74 Å². The Hall–Kier alpha value is -2.07. The van der Waals surface area contributed by atoms with Gasteiger partial charge in [0.05, 0.1) is 17.6 Å². The van der Waals surface area contributed by atoms with Gasteiger partial charge in [-0.05, 0) is 6.07 Å². The lowest BCUT2D eigenvalue weighted by molar-refractivity contribution is -0.385. The lowest BCUT2D eigenvalue weighted by atomic mass is 10.1. The molecule has 0 saturated heterocycles. The molecule has 0 unspecified atom stereocenters. The second-order valence-electron chi connectivity index (χ2n) is 2.75. The molecule has 16 heavy (non-hydrogen) atoms. The van der Waals surface area contributed by atoms with Crippen molar-refractivity contribution >= 4 is 24.3 Å². The van der Waals surface area contributed by atoms with Crippen LogP contribution in [0.15, 0.2) is 17.0 Å². The smallest absolute Gasteiger partial charge is 0.338 e. The fourth-order valence-corrected chi connectivity index (χ4v) is 1.41. The number of rotatable bonds is 2. The molecule has 0 aliphatic heterocycles. The number of hydrogen-bond acceptors (Lipinski definition) is 6. The highest BCUT2D eigenvalue weighted by Gasteiger charge is 2.20. The molecular formula is C9H6N2O4S. The van der Waals surface area contributed by atoms with E-state index in [4.69, 9.17) is 5.26 Å². The van der Waals surface area contributed by atoms with Crippen molar-refractivity contribution in [2.75, 3.05) is 7.11 Å². The van der Waals surface area contributed by atoms with Crippen LogP contribution < -0.4 is 0 Å². The van der Waals surface area contributed by atoms with Crippen LogP contribution in [0.4, 0.5) is 5.69 Å². The molecule has 0 saturated carbocycles. The average Bonchev–Trinajstić information content (AvgIpc) is 2.26. The molecule has 0 spiro atoms. The van der Waals surface area contributed by atoms with E-state index >= 15 is 0 Å². The molecule has 0 bridgehead atoms. The van der Waals surface area contributed by atoms with Crippen LogP contribution in [0.25, 0.3) is 0 Å². The van der Waals surface area contributed by atoms with Gasteiger partial charge in [-0.15, -0.1) is 12.6 Å². The summed E-state index contributed by atoms with van der Waals surface area (Å²) in [6, 6.07) is 3.90. The molecule has 0 aliphatic rings. The van der Waals surface area contributed by atoms with Gasteiger partial charge in [0.2, 0.25) is 0 Å². The maximum Gasteiger partial charge on any atom is 0.338 e. The van der Waals surface area contributed by atoms with Crippen LogP contribution in [-0.2, 0) is 4.74 Å². The van der Waals surface area contributed by atoms with E-state index in [2.05, 4.69) is 17.4 Å². The number of carbonyl (C=O) groups is 1. The van der Waals surface area contributed by atoms with Crippen LogP contribution in [0.2, 0.25) is 0 Å². The monoisotopic (exact) mass is 238 g/mol. The Kier molecular flexibility index (Phi) is 3.48. The predicted octanol–water partition coefficient (Wildman–Crippen LogP) is 1.54. The number of hydrogen-bond donors (Lipinski definition) is 1. The summed E-state index contributed by atoms with van der Waals surface area (Å²) in [5, 5.41) is 19.4. The largest absolute Gasteiger partial charge is 0.465 e. The van der Waals surface area contributed by atoms with Crippen LogP contribution in [0.3, 0.4) is 0 Å². The van der Waals surface area contributed by atoms with Gasteiger partial charge in [-0.1, -0.05) is 0 Å². The molecule has 0 fully saturated rings. The number of nitro groups is 1. The lowest BCUT2D eigenvalue weighted by Gasteiger charge is -2.02. The van der Waals surface area contributed by atoms with Gasteiger partial charge >= 0.3 is 5.97 Å². The summed E-state index contributed by atoms with van der Waals surface area (Å²) in [6.07, 6.45) is 0. The Morgan fingerprint density at radius 1 is 1.62 bits per heavy atom. The third kappa shape index (κ3) is 2.12. The van der Waals surface area contributed by atoms with Crippen LogP contribution in [0.5, 0.6) is 0 Å². The van der Waals surface area contributed by atoms with Crippen molar-refractivity contribution in [1.82, 2.24) is 0 Å². The minimum Gasteiger partial charge on any atom is -0.465 e. The number of ether oxygens (including phenoxy) is 1. The third-order valence-electron chi connectivity index (χ3n) is 1.83. The molecule has 7 heteroatoms. The summed E-state index contributed by atoms with van der Waals surface area (Å²) in [5.74, 6) is -0.720. The number of nitro benzene ring substituents is 1. The zero-order valence-electron chi connectivity index (χ0n) is 8.13. The van der Waals surface area contributed by atoms with Gasteiger partial charge in [-0.25, -0.2) is 4.79 Å². The number of carbonyl (C=O) groups excluding carboxylic acids is 1. The van der Waals surface area contributed by atoms with E-state index in [-0.39, 0.29) is 16.0 Å². The van der Waals surface area contributed by atoms with Crippen LogP contribution in [0.1, 0.15) is 15.9 Å². The molecule has 82 valence electrons. The molecule has 0 aliphatic carbocycles. The fraction of sp³-hybridized carbons (Fsp3) is 0.111. The highest BCUT2D eigenvalue weighted by molar-refractivity contribution is 7.80. The Labute approximate surface area is 96.0 Å². The Morgan fingerprint density at radius 3 is 2.69 bits per heavy atom. The molecule has 0 radical (unpaired) electrons. The molecule has 1 aromatic rings. The van der Waals surface area contributed by atoms with E-state index in [9.17, 15) is 14.9 Å². The van der Waals surface area contributed by atoms with Crippen molar-refractivity contribution in [1.29, 1.82) is 5.26 Å². The minimum atomic E-state index is -0.745. The third-order valence-corrected chi connectivity index (χ3v) is 2.18. The fourth-order valence-electron chi connectivity index (χ4n) is 1.11. The van der Waals surface area contributed by atoms with Gasteiger partial charge in [0.1, 0.15) is 11.6 Å². The zero-order valence-corrected chi connectivity index (χ0v) is 9.02. The van der Waals surface area contributed by atoms with Crippen LogP contribution in [0, 0.1) is 21.4 Å². The maximum absolute atomic E-state index is 11.2. The standard InChI is InChI=1S/C9H6N2O4S/c1-15-9(12)5-2-7(11(13)14)6(4-10)8(16)3-5/h2-3,16H,1H3. The second-order valence-corrected chi connectivity index (χ2v) is 3.23. The van der Waals surface area contributed by atoms with E-state index in [0.29, 0.717) is 0 Å². The summed E-state index contributed by atoms with van der Waals surface area (Å²) in [7, 11) is 1.16. The topological polar surface area (TPSA) is 93.2 Å². The van der Waals surface area contributed by atoms with Crippen LogP contribution in [-0.4, -0.2) is 18.0 Å². The lowest BCUT2D eigenvalue weighted by Crippen LogP contribution is -2.04. The summed E-state index contributed by atoms with van der Waals surface area (Å²) in [6.45, 7) is 0. The molecule has 6 nitrogen and oxygen atoms in total. The van der Waals surface area contributed by atoms with Crippen molar-refractivity contribution in [3.63, 3.8) is 0 Å². The molecule has 1 aromatic carbocycles. The maximum atomic E-state index is 11.2. The molecule has 1 rings (SSSR count). The highest BCUT2D eigenvalue weighted by Crippen LogP contribution is 2.26. The van der Waals surface area contributed by atoms with Gasteiger partial charge in [0.15, 0.2) is 0 Å². The summed E-state index contributed by atoms with van der Waals surface area (Å²) >= 11 is 3.91. The SMILES string of the molecule is COC(=O)c1cc(S)c(C#N)c([N+](=O)[O-])c1. The molecule has 0 N–H and O–H groups in total. The first-order chi connectivity index (χ1) is 7.51. The highest BCUT2D eigenvalue weighted by atomic mass is 32.1. The number of methoxy groups -OCH3 is 1. The summed E-state index contributed by atoms with van der Waals surface area (Å²) in [5.41, 5.74) is -0.658. The summed E-state index contributed by atoms with van der Waals surface area (Å²) < 4.78 is 4.42. The Bertz CT molecular complexity index is 507. The van der Waals surface area contributed by atoms with E-state index in [0.717, 1.165) is 13.2 Å². The van der Waals surface area contributed by atoms with Crippen molar-refractivity contribution < 1.29 is 14.5 Å². The molecule has 0 heterocycles. The molecule has 0 atom stereocenters. The van der Waals surface area contributed by atoms with Gasteiger partial charge in [-0.3, -0.25) is 10.1 Å². The van der Waals surface area contributed by atoms with E-state index in [1.165, 1.54) is 6.07 Å². The first-order valence-electron chi connectivity index (χ1n) is 4.01. The van der Waals surface area contributed by atoms with E-state index < -0.39 is 16.6 Å². The Morgan fingerprint density at radius 2 is 2.25 bits per heavy atom. The molecular weight excluding hydrogens is 232 g/mol. The van der Waals surface area contributed by atoms with Crippen molar-refractivity contribution in [3.05, 3.63) is 33.4 Å². The van der Waals surface area contributed by atoms with Gasteiger partial charge in [-0.2, -0.15) is 5.26 Å². The van der Waals surface area contributed by atoms with Crippen molar-refractivity contribution in [2.45, 2.75) is 4.90 Å². The number of thiol groups is 1. The number of esters is 1. The Balaban J connectivity index is 3.47. The van der Waals surface area contributed by atoms with Crippen molar-refractivity contribution in [3.8, 4) is 6.07 Å². The van der Waals surface area contributed by atoms with Gasteiger partial charge in [0, 0.05) is 11.0 Å². The number of nitriles is 1. The first-order valence-corrected chi connectivity index (χ1v) is 4.45. The zero-order chi connectivity index (χ0) is 12.3. The minimum absolute atomic E-state index is 0.0156. The first kappa shape index (κ1) is 12.0. The van der Waals surface area contributed by atoms with E-state index in [1.807, 2.05) is 0 Å². The predicted molar refractivity (Wildman–Crippen MR) is 56.4 cm³/mol. The van der Waals surface area contributed by atoms with E-state index in [1.54, 1.807) is 6.07 Å². The average molecular weight is 238 g/mol. The quantitative estimate of drug-likeness (QED) is 0.365. The summed E-state index contributed by atoms with van der Waals surface area (Å²) in [4.78, 5) is 21.2. The molecule has 0 aromatic heterocycles.